The van der Waals surface area contributed by atoms with Crippen molar-refractivity contribution in [2.24, 2.45) is 11.7 Å². The maximum Gasteiger partial charge on any atom is 0.273 e. The highest BCUT2D eigenvalue weighted by Crippen LogP contribution is 2.28. The number of carbonyl (C=O) groups is 2. The van der Waals surface area contributed by atoms with Crippen molar-refractivity contribution in [2.75, 3.05) is 10.6 Å². The average molecular weight is 416 g/mol. The topological polar surface area (TPSA) is 135 Å². The van der Waals surface area contributed by atoms with Crippen molar-refractivity contribution in [3.63, 3.8) is 0 Å². The molecular formula is C19H25N7O2S. The summed E-state index contributed by atoms with van der Waals surface area (Å²) in [5.74, 6) is -0.159. The van der Waals surface area contributed by atoms with Gasteiger partial charge in [-0.2, -0.15) is 4.98 Å². The van der Waals surface area contributed by atoms with Gasteiger partial charge in [-0.3, -0.25) is 9.59 Å². The highest BCUT2D eigenvalue weighted by atomic mass is 32.1. The van der Waals surface area contributed by atoms with Crippen molar-refractivity contribution in [3.05, 3.63) is 35.4 Å². The predicted octanol–water partition coefficient (Wildman–Crippen LogP) is 2.36. The lowest BCUT2D eigenvalue weighted by Crippen LogP contribution is -2.48. The highest BCUT2D eigenvalue weighted by molar-refractivity contribution is 7.14. The third kappa shape index (κ3) is 5.08. The zero-order chi connectivity index (χ0) is 21.0. The Morgan fingerprint density at radius 2 is 2.07 bits per heavy atom. The van der Waals surface area contributed by atoms with E-state index in [1.807, 2.05) is 18.4 Å². The van der Waals surface area contributed by atoms with Crippen LogP contribution in [0.1, 0.15) is 42.2 Å². The second kappa shape index (κ2) is 8.99. The van der Waals surface area contributed by atoms with Crippen LogP contribution in [0.5, 0.6) is 0 Å². The van der Waals surface area contributed by atoms with Crippen LogP contribution in [0.4, 0.5) is 16.8 Å². The van der Waals surface area contributed by atoms with Gasteiger partial charge in [0, 0.05) is 12.1 Å². The van der Waals surface area contributed by atoms with Crippen LogP contribution in [0.2, 0.25) is 0 Å². The summed E-state index contributed by atoms with van der Waals surface area (Å²) < 4.78 is 0. The number of thiophene rings is 1. The van der Waals surface area contributed by atoms with Crippen LogP contribution in [0.3, 0.4) is 0 Å². The van der Waals surface area contributed by atoms with E-state index in [9.17, 15) is 9.59 Å². The number of hydrogen-bond acceptors (Lipinski definition) is 8. The molecule has 1 aliphatic carbocycles. The summed E-state index contributed by atoms with van der Waals surface area (Å²) in [5.41, 5.74) is 6.50. The summed E-state index contributed by atoms with van der Waals surface area (Å²) in [6.07, 6.45) is 4.05. The van der Waals surface area contributed by atoms with Gasteiger partial charge in [-0.25, -0.2) is 0 Å². The van der Waals surface area contributed by atoms with Crippen LogP contribution in [0.15, 0.2) is 24.1 Å². The molecule has 2 amide bonds. The predicted molar refractivity (Wildman–Crippen MR) is 113 cm³/mol. The second-order valence-corrected chi connectivity index (χ2v) is 8.08. The van der Waals surface area contributed by atoms with Crippen molar-refractivity contribution < 1.29 is 9.59 Å². The first-order valence-corrected chi connectivity index (χ1v) is 10.3. The number of aryl methyl sites for hydroxylation is 1. The maximum absolute atomic E-state index is 11.7. The van der Waals surface area contributed by atoms with E-state index < -0.39 is 5.91 Å². The monoisotopic (exact) mass is 415 g/mol. The number of primary amides is 1. The van der Waals surface area contributed by atoms with Crippen LogP contribution in [-0.2, 0) is 4.79 Å². The molecule has 0 saturated heterocycles. The molecule has 1 saturated carbocycles. The molecule has 154 valence electrons. The van der Waals surface area contributed by atoms with Crippen molar-refractivity contribution in [2.45, 2.75) is 45.2 Å². The van der Waals surface area contributed by atoms with Gasteiger partial charge in [0.25, 0.3) is 5.91 Å². The smallest absolute Gasteiger partial charge is 0.273 e. The summed E-state index contributed by atoms with van der Waals surface area (Å²) >= 11 is 1.49. The number of aromatic nitrogens is 3. The van der Waals surface area contributed by atoms with Gasteiger partial charge < -0.3 is 21.7 Å². The quantitative estimate of drug-likeness (QED) is 0.510. The number of rotatable bonds is 7. The molecule has 2 aromatic heterocycles. The Kier molecular flexibility index (Phi) is 6.42. The SMILES string of the molecule is C=CC(=O)NC1CCC[C@@H](Nc2nnc(C(N)=O)c(Nc3cc(C)cs3)n2)[C@H]1C. The molecule has 0 aromatic carbocycles. The molecule has 1 aliphatic rings. The van der Waals surface area contributed by atoms with Crippen molar-refractivity contribution >= 4 is 39.9 Å². The van der Waals surface area contributed by atoms with Gasteiger partial charge in [0.2, 0.25) is 11.9 Å². The maximum atomic E-state index is 11.7. The number of amides is 2. The van der Waals surface area contributed by atoms with Gasteiger partial charge in [-0.1, -0.05) is 13.5 Å². The van der Waals surface area contributed by atoms with Crippen LogP contribution < -0.4 is 21.7 Å². The molecule has 2 heterocycles. The lowest BCUT2D eigenvalue weighted by Gasteiger charge is -2.36. The Morgan fingerprint density at radius 1 is 1.31 bits per heavy atom. The largest absolute Gasteiger partial charge is 0.364 e. The molecule has 0 aliphatic heterocycles. The van der Waals surface area contributed by atoms with E-state index in [1.165, 1.54) is 17.4 Å². The van der Waals surface area contributed by atoms with Gasteiger partial charge in [0.05, 0.1) is 5.00 Å². The lowest BCUT2D eigenvalue weighted by molar-refractivity contribution is -0.117. The lowest BCUT2D eigenvalue weighted by atomic mass is 9.81. The molecule has 0 spiro atoms. The molecule has 3 atom stereocenters. The normalized spacial score (nSPS) is 21.2. The number of hydrogen-bond donors (Lipinski definition) is 4. The Bertz CT molecular complexity index is 914. The number of nitrogens with two attached hydrogens (primary N) is 1. The fraction of sp³-hybridized carbons (Fsp3) is 0.421. The molecule has 0 bridgehead atoms. The summed E-state index contributed by atoms with van der Waals surface area (Å²) in [6, 6.07) is 2.04. The third-order valence-electron chi connectivity index (χ3n) is 5.02. The first-order chi connectivity index (χ1) is 13.9. The first kappa shape index (κ1) is 20.7. The van der Waals surface area contributed by atoms with Crippen LogP contribution in [0, 0.1) is 12.8 Å². The average Bonchev–Trinajstić information content (AvgIpc) is 3.09. The van der Waals surface area contributed by atoms with Crippen molar-refractivity contribution in [1.29, 1.82) is 0 Å². The minimum Gasteiger partial charge on any atom is -0.364 e. The zero-order valence-corrected chi connectivity index (χ0v) is 17.3. The Balaban J connectivity index is 1.77. The number of anilines is 3. The zero-order valence-electron chi connectivity index (χ0n) is 16.4. The molecule has 3 rings (SSSR count). The summed E-state index contributed by atoms with van der Waals surface area (Å²) in [5, 5.41) is 20.2. The van der Waals surface area contributed by atoms with E-state index in [-0.39, 0.29) is 35.4 Å². The third-order valence-corrected chi connectivity index (χ3v) is 5.98. The molecule has 2 aromatic rings. The molecule has 29 heavy (non-hydrogen) atoms. The van der Waals surface area contributed by atoms with Crippen LogP contribution in [0.25, 0.3) is 0 Å². The Hall–Kier alpha value is -3.01. The van der Waals surface area contributed by atoms with E-state index in [0.29, 0.717) is 5.95 Å². The van der Waals surface area contributed by atoms with Crippen LogP contribution in [-0.4, -0.2) is 39.1 Å². The summed E-state index contributed by atoms with van der Waals surface area (Å²) in [6.45, 7) is 7.56. The number of nitrogens with one attached hydrogen (secondary N) is 3. The molecule has 9 nitrogen and oxygen atoms in total. The molecule has 10 heteroatoms. The second-order valence-electron chi connectivity index (χ2n) is 7.17. The fourth-order valence-corrected chi connectivity index (χ4v) is 4.22. The van der Waals surface area contributed by atoms with Crippen LogP contribution >= 0.6 is 11.3 Å². The van der Waals surface area contributed by atoms with E-state index in [0.717, 1.165) is 29.8 Å². The van der Waals surface area contributed by atoms with Gasteiger partial charge in [0.15, 0.2) is 11.5 Å². The molecule has 1 fully saturated rings. The van der Waals surface area contributed by atoms with Gasteiger partial charge in [-0.15, -0.1) is 21.5 Å². The molecule has 0 radical (unpaired) electrons. The van der Waals surface area contributed by atoms with Crippen molar-refractivity contribution in [3.8, 4) is 0 Å². The van der Waals surface area contributed by atoms with Gasteiger partial charge in [0.1, 0.15) is 0 Å². The molecular weight excluding hydrogens is 390 g/mol. The fourth-order valence-electron chi connectivity index (χ4n) is 3.43. The van der Waals surface area contributed by atoms with E-state index in [4.69, 9.17) is 5.73 Å². The Labute approximate surface area is 173 Å². The highest BCUT2D eigenvalue weighted by Gasteiger charge is 2.31. The minimum atomic E-state index is -0.703. The van der Waals surface area contributed by atoms with E-state index in [2.05, 4.69) is 44.6 Å². The van der Waals surface area contributed by atoms with Crippen molar-refractivity contribution in [1.82, 2.24) is 20.5 Å². The summed E-state index contributed by atoms with van der Waals surface area (Å²) in [4.78, 5) is 27.8. The number of carbonyl (C=O) groups excluding carboxylic acids is 2. The molecule has 5 N–H and O–H groups in total. The molecule has 1 unspecified atom stereocenters. The van der Waals surface area contributed by atoms with E-state index in [1.54, 1.807) is 0 Å². The van der Waals surface area contributed by atoms with E-state index >= 15 is 0 Å². The first-order valence-electron chi connectivity index (χ1n) is 9.43. The summed E-state index contributed by atoms with van der Waals surface area (Å²) in [7, 11) is 0. The Morgan fingerprint density at radius 3 is 2.72 bits per heavy atom. The van der Waals surface area contributed by atoms with Gasteiger partial charge >= 0.3 is 0 Å². The number of nitrogens with zero attached hydrogens (tertiary/aromatic N) is 3. The minimum absolute atomic E-state index is 0.0191. The van der Waals surface area contributed by atoms with Gasteiger partial charge in [-0.05, 0) is 55.2 Å². The standard InChI is InChI=1S/C19H25N7O2S/c1-4-14(27)21-12-6-5-7-13(11(12)3)22-19-24-18(16(17(20)28)25-26-19)23-15-8-10(2)9-29-15/h4,8-9,11-13H,1,5-7H2,2-3H3,(H2,20,28)(H,21,27)(H2,22,23,24,26)/t11-,12?,13+/m0/s1.